The van der Waals surface area contributed by atoms with Crippen molar-refractivity contribution in [3.05, 3.63) is 11.3 Å². The van der Waals surface area contributed by atoms with E-state index in [4.69, 9.17) is 14.7 Å². The summed E-state index contributed by atoms with van der Waals surface area (Å²) in [7, 11) is 0. The van der Waals surface area contributed by atoms with Gasteiger partial charge in [0.05, 0.1) is 13.2 Å². The predicted molar refractivity (Wildman–Crippen MR) is 44.5 cm³/mol. The second-order valence-electron chi connectivity index (χ2n) is 2.58. The summed E-state index contributed by atoms with van der Waals surface area (Å²) in [6.45, 7) is 2.56. The normalized spacial score (nSPS) is 18.8. The number of allylic oxidation sites excluding steroid dienone is 1. The summed E-state index contributed by atoms with van der Waals surface area (Å²) in [5, 5.41) is 8.69. The van der Waals surface area contributed by atoms with Crippen LogP contribution in [0.3, 0.4) is 0 Å². The molecule has 4 heteroatoms. The third kappa shape index (κ3) is 2.22. The SMILES string of the molecule is CCOC(=O)/C(C#N)=C1\CCCO1. The van der Waals surface area contributed by atoms with Gasteiger partial charge in [-0.25, -0.2) is 4.79 Å². The van der Waals surface area contributed by atoms with Gasteiger partial charge in [-0.3, -0.25) is 0 Å². The summed E-state index contributed by atoms with van der Waals surface area (Å²) in [4.78, 5) is 11.2. The minimum absolute atomic E-state index is 0.0133. The number of rotatable bonds is 2. The fourth-order valence-electron chi connectivity index (χ4n) is 1.12. The molecular formula is C9H11NO3. The Bertz CT molecular complexity index is 267. The number of esters is 1. The van der Waals surface area contributed by atoms with Gasteiger partial charge in [0.1, 0.15) is 11.8 Å². The molecule has 13 heavy (non-hydrogen) atoms. The minimum Gasteiger partial charge on any atom is -0.496 e. The molecule has 0 unspecified atom stereocenters. The first-order valence-electron chi connectivity index (χ1n) is 4.22. The van der Waals surface area contributed by atoms with Crippen LogP contribution in [0, 0.1) is 11.3 Å². The van der Waals surface area contributed by atoms with Crippen LogP contribution in [-0.2, 0) is 14.3 Å². The highest BCUT2D eigenvalue weighted by molar-refractivity contribution is 5.93. The van der Waals surface area contributed by atoms with E-state index in [2.05, 4.69) is 0 Å². The first kappa shape index (κ1) is 9.59. The Hall–Kier alpha value is -1.50. The van der Waals surface area contributed by atoms with Gasteiger partial charge in [-0.15, -0.1) is 0 Å². The van der Waals surface area contributed by atoms with Crippen molar-refractivity contribution >= 4 is 5.97 Å². The van der Waals surface area contributed by atoms with Crippen LogP contribution in [0.4, 0.5) is 0 Å². The zero-order valence-electron chi connectivity index (χ0n) is 7.50. The van der Waals surface area contributed by atoms with E-state index in [9.17, 15) is 4.79 Å². The molecule has 0 N–H and O–H groups in total. The van der Waals surface area contributed by atoms with Gasteiger partial charge < -0.3 is 9.47 Å². The molecule has 0 aromatic heterocycles. The maximum atomic E-state index is 11.2. The van der Waals surface area contributed by atoms with Gasteiger partial charge in [-0.05, 0) is 13.3 Å². The highest BCUT2D eigenvalue weighted by Crippen LogP contribution is 2.20. The highest BCUT2D eigenvalue weighted by atomic mass is 16.5. The van der Waals surface area contributed by atoms with E-state index < -0.39 is 5.97 Å². The van der Waals surface area contributed by atoms with Crippen LogP contribution < -0.4 is 0 Å². The van der Waals surface area contributed by atoms with Gasteiger partial charge in [0, 0.05) is 6.42 Å². The van der Waals surface area contributed by atoms with Crippen LogP contribution in [0.5, 0.6) is 0 Å². The average molecular weight is 181 g/mol. The molecule has 1 saturated heterocycles. The third-order valence-corrected chi connectivity index (χ3v) is 1.69. The van der Waals surface area contributed by atoms with Gasteiger partial charge in [0.2, 0.25) is 0 Å². The molecule has 0 atom stereocenters. The van der Waals surface area contributed by atoms with Crippen molar-refractivity contribution in [1.29, 1.82) is 5.26 Å². The van der Waals surface area contributed by atoms with E-state index in [0.717, 1.165) is 6.42 Å². The van der Waals surface area contributed by atoms with Gasteiger partial charge >= 0.3 is 5.97 Å². The maximum absolute atomic E-state index is 11.2. The number of carbonyl (C=O) groups excluding carboxylic acids is 1. The molecule has 70 valence electrons. The number of nitriles is 1. The van der Waals surface area contributed by atoms with Crippen molar-refractivity contribution in [2.45, 2.75) is 19.8 Å². The Balaban J connectivity index is 2.77. The Morgan fingerprint density at radius 3 is 3.00 bits per heavy atom. The van der Waals surface area contributed by atoms with Crippen molar-refractivity contribution in [3.63, 3.8) is 0 Å². The molecule has 0 aromatic rings. The lowest BCUT2D eigenvalue weighted by Crippen LogP contribution is -2.08. The number of hydrogen-bond donors (Lipinski definition) is 0. The van der Waals surface area contributed by atoms with Crippen LogP contribution >= 0.6 is 0 Å². The Morgan fingerprint density at radius 1 is 1.77 bits per heavy atom. The molecule has 1 aliphatic heterocycles. The molecule has 1 aliphatic rings. The molecule has 1 heterocycles. The molecule has 0 bridgehead atoms. The fraction of sp³-hybridized carbons (Fsp3) is 0.556. The Kier molecular flexibility index (Phi) is 3.32. The standard InChI is InChI=1S/C9H11NO3/c1-2-12-9(11)7(6-10)8-4-3-5-13-8/h2-5H2,1H3/b8-7+. The second kappa shape index (κ2) is 4.51. The predicted octanol–water partition coefficient (Wildman–Crippen LogP) is 1.14. The first-order valence-corrected chi connectivity index (χ1v) is 4.22. The molecule has 0 aliphatic carbocycles. The van der Waals surface area contributed by atoms with E-state index in [1.165, 1.54) is 0 Å². The van der Waals surface area contributed by atoms with Crippen LogP contribution in [0.25, 0.3) is 0 Å². The summed E-state index contributed by atoms with van der Waals surface area (Å²) in [6.07, 6.45) is 1.52. The number of carbonyl (C=O) groups is 1. The smallest absolute Gasteiger partial charge is 0.352 e. The average Bonchev–Trinajstić information content (AvgIpc) is 2.59. The van der Waals surface area contributed by atoms with Crippen molar-refractivity contribution in [3.8, 4) is 6.07 Å². The summed E-state index contributed by atoms with van der Waals surface area (Å²) in [6, 6.07) is 1.81. The summed E-state index contributed by atoms with van der Waals surface area (Å²) in [5.74, 6) is -0.108. The minimum atomic E-state index is -0.582. The van der Waals surface area contributed by atoms with Crippen LogP contribution in [-0.4, -0.2) is 19.2 Å². The molecule has 0 saturated carbocycles. The zero-order valence-corrected chi connectivity index (χ0v) is 7.50. The largest absolute Gasteiger partial charge is 0.496 e. The summed E-state index contributed by atoms with van der Waals surface area (Å²) < 4.78 is 9.84. The number of nitrogens with zero attached hydrogens (tertiary/aromatic N) is 1. The van der Waals surface area contributed by atoms with Crippen molar-refractivity contribution in [1.82, 2.24) is 0 Å². The van der Waals surface area contributed by atoms with Crippen molar-refractivity contribution in [2.75, 3.05) is 13.2 Å². The maximum Gasteiger partial charge on any atom is 0.352 e. The number of hydrogen-bond acceptors (Lipinski definition) is 4. The monoisotopic (exact) mass is 181 g/mol. The van der Waals surface area contributed by atoms with Gasteiger partial charge in [0.25, 0.3) is 0 Å². The van der Waals surface area contributed by atoms with Crippen LogP contribution in [0.15, 0.2) is 11.3 Å². The van der Waals surface area contributed by atoms with Gasteiger partial charge in [-0.2, -0.15) is 5.26 Å². The molecular weight excluding hydrogens is 170 g/mol. The molecule has 1 fully saturated rings. The first-order chi connectivity index (χ1) is 6.29. The molecule has 0 spiro atoms. The molecule has 0 radical (unpaired) electrons. The number of ether oxygens (including phenoxy) is 2. The van der Waals surface area contributed by atoms with Crippen LogP contribution in [0.1, 0.15) is 19.8 Å². The Labute approximate surface area is 76.7 Å². The van der Waals surface area contributed by atoms with Crippen molar-refractivity contribution < 1.29 is 14.3 Å². The lowest BCUT2D eigenvalue weighted by atomic mass is 10.2. The Morgan fingerprint density at radius 2 is 2.54 bits per heavy atom. The fourth-order valence-corrected chi connectivity index (χ4v) is 1.12. The zero-order chi connectivity index (χ0) is 9.68. The lowest BCUT2D eigenvalue weighted by molar-refractivity contribution is -0.138. The van der Waals surface area contributed by atoms with Gasteiger partial charge in [-0.1, -0.05) is 0 Å². The third-order valence-electron chi connectivity index (χ3n) is 1.69. The van der Waals surface area contributed by atoms with E-state index >= 15 is 0 Å². The van der Waals surface area contributed by atoms with E-state index in [1.54, 1.807) is 6.92 Å². The molecule has 1 rings (SSSR count). The lowest BCUT2D eigenvalue weighted by Gasteiger charge is -2.02. The quantitative estimate of drug-likeness (QED) is 0.364. The molecule has 0 aromatic carbocycles. The molecule has 4 nitrogen and oxygen atoms in total. The van der Waals surface area contributed by atoms with Gasteiger partial charge in [0.15, 0.2) is 5.57 Å². The summed E-state index contributed by atoms with van der Waals surface area (Å²) >= 11 is 0. The van der Waals surface area contributed by atoms with Crippen LogP contribution in [0.2, 0.25) is 0 Å². The van der Waals surface area contributed by atoms with E-state index in [-0.39, 0.29) is 12.2 Å². The molecule has 0 amide bonds. The highest BCUT2D eigenvalue weighted by Gasteiger charge is 2.20. The second-order valence-corrected chi connectivity index (χ2v) is 2.58. The summed E-state index contributed by atoms with van der Waals surface area (Å²) in [5.41, 5.74) is 0.0133. The van der Waals surface area contributed by atoms with E-state index in [0.29, 0.717) is 18.8 Å². The van der Waals surface area contributed by atoms with E-state index in [1.807, 2.05) is 6.07 Å². The topological polar surface area (TPSA) is 59.3 Å². The van der Waals surface area contributed by atoms with Crippen molar-refractivity contribution in [2.24, 2.45) is 0 Å².